The molecule has 12 heteroatoms. The molecule has 1 amide bonds. The average molecular weight is 564 g/mol. The Bertz CT molecular complexity index is 1540. The Morgan fingerprint density at radius 1 is 0.946 bits per heavy atom. The van der Waals surface area contributed by atoms with E-state index in [4.69, 9.17) is 0 Å². The highest BCUT2D eigenvalue weighted by Crippen LogP contribution is 2.32. The Labute approximate surface area is 220 Å². The van der Waals surface area contributed by atoms with Crippen LogP contribution < -0.4 is 9.21 Å². The van der Waals surface area contributed by atoms with Crippen LogP contribution in [0.15, 0.2) is 81.4 Å². The predicted molar refractivity (Wildman–Crippen MR) is 143 cm³/mol. The van der Waals surface area contributed by atoms with Gasteiger partial charge in [0.1, 0.15) is 12.4 Å². The minimum atomic E-state index is -4.21. The third-order valence-electron chi connectivity index (χ3n) is 6.05. The molecule has 1 aliphatic heterocycles. The molecule has 0 atom stereocenters. The Hall–Kier alpha value is -2.93. The van der Waals surface area contributed by atoms with E-state index in [-0.39, 0.29) is 22.0 Å². The minimum absolute atomic E-state index is 0.0223. The van der Waals surface area contributed by atoms with Crippen LogP contribution in [-0.2, 0) is 31.3 Å². The molecule has 4 rings (SSSR count). The van der Waals surface area contributed by atoms with Crippen molar-refractivity contribution in [1.82, 2.24) is 4.31 Å². The Morgan fingerprint density at radius 2 is 1.62 bits per heavy atom. The minimum Gasteiger partial charge on any atom is -0.310 e. The maximum absolute atomic E-state index is 14.1. The zero-order chi connectivity index (χ0) is 27.0. The average Bonchev–Trinajstić information content (AvgIpc) is 3.30. The number of rotatable bonds is 8. The van der Waals surface area contributed by atoms with Gasteiger partial charge < -0.3 is 4.90 Å². The molecule has 3 aromatic carbocycles. The van der Waals surface area contributed by atoms with Crippen LogP contribution in [0, 0.1) is 5.82 Å². The maximum atomic E-state index is 14.1. The molecule has 1 heterocycles. The molecule has 3 aromatic rings. The van der Waals surface area contributed by atoms with Gasteiger partial charge in [0.15, 0.2) is 0 Å². The molecule has 0 bridgehead atoms. The van der Waals surface area contributed by atoms with Gasteiger partial charge in [0, 0.05) is 31.2 Å². The fourth-order valence-electron chi connectivity index (χ4n) is 4.04. The standard InChI is InChI=1S/C25H26FN3O5S3/c1-27(2)36(31,32)23-11-12-24-18(15-23)13-14-28(24)25(30)17-29(20-6-4-5-19(26)16-20)37(33,34)22-9-7-21(35-3)8-10-22/h4-12,15-16H,13-14,17H2,1-3H3. The largest absolute Gasteiger partial charge is 0.310 e. The molecule has 0 fully saturated rings. The lowest BCUT2D eigenvalue weighted by molar-refractivity contribution is -0.117. The van der Waals surface area contributed by atoms with Gasteiger partial charge in [0.25, 0.3) is 10.0 Å². The van der Waals surface area contributed by atoms with Crippen molar-refractivity contribution < 1.29 is 26.0 Å². The van der Waals surface area contributed by atoms with Crippen molar-refractivity contribution in [3.05, 3.63) is 78.1 Å². The molecule has 37 heavy (non-hydrogen) atoms. The first-order chi connectivity index (χ1) is 17.4. The summed E-state index contributed by atoms with van der Waals surface area (Å²) in [4.78, 5) is 15.8. The Kier molecular flexibility index (Phi) is 7.65. The van der Waals surface area contributed by atoms with Crippen molar-refractivity contribution in [3.8, 4) is 0 Å². The lowest BCUT2D eigenvalue weighted by Crippen LogP contribution is -2.42. The van der Waals surface area contributed by atoms with Gasteiger partial charge in [-0.1, -0.05) is 6.07 Å². The molecule has 0 saturated carbocycles. The zero-order valence-electron chi connectivity index (χ0n) is 20.5. The molecule has 0 unspecified atom stereocenters. The molecule has 0 saturated heterocycles. The van der Waals surface area contributed by atoms with E-state index in [9.17, 15) is 26.0 Å². The zero-order valence-corrected chi connectivity index (χ0v) is 22.9. The van der Waals surface area contributed by atoms with Crippen molar-refractivity contribution >= 4 is 49.1 Å². The summed E-state index contributed by atoms with van der Waals surface area (Å²) in [5.41, 5.74) is 1.21. The van der Waals surface area contributed by atoms with E-state index in [1.54, 1.807) is 18.2 Å². The van der Waals surface area contributed by atoms with Crippen molar-refractivity contribution in [2.24, 2.45) is 0 Å². The lowest BCUT2D eigenvalue weighted by Gasteiger charge is -2.27. The second kappa shape index (κ2) is 10.4. The number of sulfonamides is 2. The first-order valence-corrected chi connectivity index (χ1v) is 15.3. The fraction of sp³-hybridized carbons (Fsp3) is 0.240. The number of halogens is 1. The van der Waals surface area contributed by atoms with Gasteiger partial charge in [-0.25, -0.2) is 25.5 Å². The summed E-state index contributed by atoms with van der Waals surface area (Å²) in [5.74, 6) is -1.15. The summed E-state index contributed by atoms with van der Waals surface area (Å²) in [5, 5.41) is 0. The van der Waals surface area contributed by atoms with E-state index < -0.39 is 38.3 Å². The fourth-order valence-corrected chi connectivity index (χ4v) is 6.80. The Morgan fingerprint density at radius 3 is 2.24 bits per heavy atom. The maximum Gasteiger partial charge on any atom is 0.264 e. The van der Waals surface area contributed by atoms with Crippen LogP contribution in [0.2, 0.25) is 0 Å². The molecule has 0 aliphatic carbocycles. The van der Waals surface area contributed by atoms with Gasteiger partial charge in [-0.3, -0.25) is 9.10 Å². The molecular formula is C25H26FN3O5S3. The molecular weight excluding hydrogens is 537 g/mol. The SMILES string of the molecule is CSc1ccc(S(=O)(=O)N(CC(=O)N2CCc3cc(S(=O)(=O)N(C)C)ccc32)c2cccc(F)c2)cc1. The first kappa shape index (κ1) is 27.1. The van der Waals surface area contributed by atoms with Crippen LogP contribution >= 0.6 is 11.8 Å². The van der Waals surface area contributed by atoms with E-state index in [1.807, 2.05) is 6.26 Å². The number of carbonyl (C=O) groups excluding carboxylic acids is 1. The van der Waals surface area contributed by atoms with Crippen LogP contribution in [-0.4, -0.2) is 60.5 Å². The summed E-state index contributed by atoms with van der Waals surface area (Å²) in [6.45, 7) is -0.299. The number of hydrogen-bond acceptors (Lipinski definition) is 6. The van der Waals surface area contributed by atoms with Gasteiger partial charge in [-0.05, 0) is 78.9 Å². The van der Waals surface area contributed by atoms with Crippen molar-refractivity contribution in [2.45, 2.75) is 21.1 Å². The second-order valence-corrected chi connectivity index (χ2v) is 13.4. The number of carbonyl (C=O) groups is 1. The van der Waals surface area contributed by atoms with E-state index in [2.05, 4.69) is 0 Å². The van der Waals surface area contributed by atoms with Crippen LogP contribution in [0.5, 0.6) is 0 Å². The number of benzene rings is 3. The number of nitrogens with zero attached hydrogens (tertiary/aromatic N) is 3. The summed E-state index contributed by atoms with van der Waals surface area (Å²) in [7, 11) is -4.98. The predicted octanol–water partition coefficient (Wildman–Crippen LogP) is 3.58. The van der Waals surface area contributed by atoms with Crippen LogP contribution in [0.25, 0.3) is 0 Å². The second-order valence-electron chi connectivity index (χ2n) is 8.54. The molecule has 0 aromatic heterocycles. The summed E-state index contributed by atoms with van der Waals surface area (Å²) in [6, 6.07) is 15.8. The van der Waals surface area contributed by atoms with Crippen LogP contribution in [0.1, 0.15) is 5.56 Å². The molecule has 0 spiro atoms. The van der Waals surface area contributed by atoms with Gasteiger partial charge in [-0.15, -0.1) is 11.8 Å². The summed E-state index contributed by atoms with van der Waals surface area (Å²) in [6.07, 6.45) is 2.29. The number of thioether (sulfide) groups is 1. The van der Waals surface area contributed by atoms with Gasteiger partial charge >= 0.3 is 0 Å². The molecule has 8 nitrogen and oxygen atoms in total. The van der Waals surface area contributed by atoms with E-state index in [1.165, 1.54) is 73.2 Å². The summed E-state index contributed by atoms with van der Waals surface area (Å²) >= 11 is 1.46. The van der Waals surface area contributed by atoms with Crippen molar-refractivity contribution in [3.63, 3.8) is 0 Å². The quantitative estimate of drug-likeness (QED) is 0.389. The van der Waals surface area contributed by atoms with E-state index >= 15 is 0 Å². The number of hydrogen-bond donors (Lipinski definition) is 0. The molecule has 0 N–H and O–H groups in total. The third-order valence-corrected chi connectivity index (χ3v) is 10.4. The summed E-state index contributed by atoms with van der Waals surface area (Å²) < 4.78 is 68.3. The highest BCUT2D eigenvalue weighted by Gasteiger charge is 2.32. The first-order valence-electron chi connectivity index (χ1n) is 11.2. The van der Waals surface area contributed by atoms with E-state index in [0.29, 0.717) is 17.7 Å². The molecule has 1 aliphatic rings. The van der Waals surface area contributed by atoms with Crippen molar-refractivity contribution in [2.75, 3.05) is 42.6 Å². The van der Waals surface area contributed by atoms with Gasteiger partial charge in [-0.2, -0.15) is 0 Å². The highest BCUT2D eigenvalue weighted by atomic mass is 32.2. The number of amides is 1. The van der Waals surface area contributed by atoms with Crippen molar-refractivity contribution in [1.29, 1.82) is 0 Å². The van der Waals surface area contributed by atoms with Gasteiger partial charge in [0.2, 0.25) is 15.9 Å². The highest BCUT2D eigenvalue weighted by molar-refractivity contribution is 7.98. The number of fused-ring (bicyclic) bond motifs is 1. The van der Waals surface area contributed by atoms with Gasteiger partial charge in [0.05, 0.1) is 15.5 Å². The van der Waals surface area contributed by atoms with E-state index in [0.717, 1.165) is 19.6 Å². The van der Waals surface area contributed by atoms with Crippen LogP contribution in [0.4, 0.5) is 15.8 Å². The smallest absolute Gasteiger partial charge is 0.264 e. The van der Waals surface area contributed by atoms with Crippen LogP contribution in [0.3, 0.4) is 0 Å². The topological polar surface area (TPSA) is 95.1 Å². The monoisotopic (exact) mass is 563 g/mol. The molecule has 0 radical (unpaired) electrons. The third kappa shape index (κ3) is 5.37. The lowest BCUT2D eigenvalue weighted by atomic mass is 10.2. The number of anilines is 2. The normalized spacial score (nSPS) is 13.6. The molecule has 196 valence electrons. The Balaban J connectivity index is 1.68.